The van der Waals surface area contributed by atoms with Gasteiger partial charge in [-0.3, -0.25) is 4.57 Å². The lowest BCUT2D eigenvalue weighted by atomic mass is 9.82. The van der Waals surface area contributed by atoms with Gasteiger partial charge in [-0.1, -0.05) is 60.7 Å². The quantitative estimate of drug-likeness (QED) is 0.304. The van der Waals surface area contributed by atoms with Gasteiger partial charge in [0.05, 0.1) is 37.5 Å². The summed E-state index contributed by atoms with van der Waals surface area (Å²) in [5.41, 5.74) is 3.36. The van der Waals surface area contributed by atoms with Crippen molar-refractivity contribution in [2.75, 3.05) is 13.7 Å². The third-order valence-corrected chi connectivity index (χ3v) is 7.36. The molecule has 0 radical (unpaired) electrons. The fourth-order valence-corrected chi connectivity index (χ4v) is 5.43. The molecule has 0 saturated carbocycles. The highest BCUT2D eigenvalue weighted by atomic mass is 16.6. The molecule has 0 spiro atoms. The molecule has 3 atom stereocenters. The van der Waals surface area contributed by atoms with Crippen molar-refractivity contribution in [3.63, 3.8) is 0 Å². The van der Waals surface area contributed by atoms with Gasteiger partial charge in [0, 0.05) is 30.5 Å². The van der Waals surface area contributed by atoms with Crippen molar-refractivity contribution in [1.29, 1.82) is 0 Å². The smallest absolute Gasteiger partial charge is 0.419 e. The molecule has 0 aliphatic carbocycles. The topological polar surface area (TPSA) is 82.0 Å². The molecule has 1 aromatic heterocycles. The Kier molecular flexibility index (Phi) is 8.26. The van der Waals surface area contributed by atoms with Gasteiger partial charge in [-0.15, -0.1) is 0 Å². The summed E-state index contributed by atoms with van der Waals surface area (Å²) in [5.74, 6) is 0.727. The molecule has 0 amide bonds. The molecular formula is C33H38N2O5. The molecule has 5 rings (SSSR count). The van der Waals surface area contributed by atoms with E-state index in [2.05, 4.69) is 29.6 Å². The van der Waals surface area contributed by atoms with E-state index in [0.717, 1.165) is 16.5 Å². The minimum atomic E-state index is -0.615. The Morgan fingerprint density at radius 1 is 1.05 bits per heavy atom. The first-order valence-electron chi connectivity index (χ1n) is 13.8. The SMILES string of the molecule is COc1ccc2c(c1)c(CN[C@@H]1CO[C@H](C(c3ccccc3)c3ccccc3)C[C@H]1O)cn2C(=O)OC(C)(C)C. The predicted molar refractivity (Wildman–Crippen MR) is 156 cm³/mol. The molecule has 3 aromatic carbocycles. The Hall–Kier alpha value is -3.65. The monoisotopic (exact) mass is 542 g/mol. The van der Waals surface area contributed by atoms with E-state index in [1.165, 1.54) is 15.7 Å². The third-order valence-electron chi connectivity index (χ3n) is 7.36. The Bertz CT molecular complexity index is 1390. The van der Waals surface area contributed by atoms with Crippen LogP contribution in [-0.4, -0.2) is 53.3 Å². The molecule has 1 aliphatic heterocycles. The maximum atomic E-state index is 13.0. The standard InChI is InChI=1S/C33H38N2O5/c1-33(2,3)40-32(37)35-20-24(26-17-25(38-4)15-16-28(26)35)19-34-27-21-39-30(18-29(27)36)31(22-11-7-5-8-12-22)23-13-9-6-10-14-23/h5-17,20,27,29-31,34,36H,18-19,21H2,1-4H3/t27-,29-,30+/m1/s1. The van der Waals surface area contributed by atoms with Gasteiger partial charge in [-0.25, -0.2) is 4.79 Å². The molecule has 7 heteroatoms. The van der Waals surface area contributed by atoms with E-state index in [1.54, 1.807) is 13.3 Å². The first-order chi connectivity index (χ1) is 19.2. The molecule has 7 nitrogen and oxygen atoms in total. The first kappa shape index (κ1) is 27.9. The fourth-order valence-electron chi connectivity index (χ4n) is 5.43. The van der Waals surface area contributed by atoms with Crippen LogP contribution in [0.3, 0.4) is 0 Å². The van der Waals surface area contributed by atoms with Crippen LogP contribution in [0.1, 0.15) is 49.8 Å². The number of nitrogens with zero attached hydrogens (tertiary/aromatic N) is 1. The van der Waals surface area contributed by atoms with Gasteiger partial charge in [0.25, 0.3) is 0 Å². The number of rotatable bonds is 7. The number of nitrogens with one attached hydrogen (secondary N) is 1. The fraction of sp³-hybridized carbons (Fsp3) is 0.364. The molecule has 40 heavy (non-hydrogen) atoms. The van der Waals surface area contributed by atoms with Crippen molar-refractivity contribution in [3.05, 3.63) is 102 Å². The van der Waals surface area contributed by atoms with Crippen molar-refractivity contribution in [2.24, 2.45) is 0 Å². The molecule has 2 heterocycles. The van der Waals surface area contributed by atoms with Gasteiger partial charge >= 0.3 is 6.09 Å². The molecule has 210 valence electrons. The zero-order valence-corrected chi connectivity index (χ0v) is 23.5. The molecular weight excluding hydrogens is 504 g/mol. The molecule has 1 fully saturated rings. The number of aliphatic hydroxyl groups is 1. The summed E-state index contributed by atoms with van der Waals surface area (Å²) in [7, 11) is 1.62. The van der Waals surface area contributed by atoms with E-state index in [1.807, 2.05) is 75.4 Å². The third kappa shape index (κ3) is 6.22. The number of aliphatic hydroxyl groups excluding tert-OH is 1. The van der Waals surface area contributed by atoms with Crippen molar-refractivity contribution in [3.8, 4) is 5.75 Å². The predicted octanol–water partition coefficient (Wildman–Crippen LogP) is 5.87. The normalized spacial score (nSPS) is 19.6. The Morgan fingerprint density at radius 3 is 2.27 bits per heavy atom. The summed E-state index contributed by atoms with van der Waals surface area (Å²) in [6, 6.07) is 26.0. The largest absolute Gasteiger partial charge is 0.497 e. The number of hydrogen-bond donors (Lipinski definition) is 2. The summed E-state index contributed by atoms with van der Waals surface area (Å²) >= 11 is 0. The van der Waals surface area contributed by atoms with E-state index in [0.29, 0.717) is 25.3 Å². The Balaban J connectivity index is 1.33. The lowest BCUT2D eigenvalue weighted by Crippen LogP contribution is -2.50. The minimum Gasteiger partial charge on any atom is -0.497 e. The Labute approximate surface area is 235 Å². The van der Waals surface area contributed by atoms with Gasteiger partial charge in [0.1, 0.15) is 11.4 Å². The van der Waals surface area contributed by atoms with Crippen LogP contribution in [0.5, 0.6) is 5.75 Å². The average Bonchev–Trinajstić information content (AvgIpc) is 3.31. The second-order valence-corrected chi connectivity index (χ2v) is 11.3. The zero-order chi connectivity index (χ0) is 28.3. The summed E-state index contributed by atoms with van der Waals surface area (Å²) < 4.78 is 19.0. The second kappa shape index (κ2) is 11.8. The zero-order valence-electron chi connectivity index (χ0n) is 23.5. The molecule has 1 aliphatic rings. The maximum Gasteiger partial charge on any atom is 0.419 e. The average molecular weight is 543 g/mol. The van der Waals surface area contributed by atoms with Crippen molar-refractivity contribution < 1.29 is 24.1 Å². The van der Waals surface area contributed by atoms with Crippen LogP contribution in [-0.2, 0) is 16.0 Å². The highest BCUT2D eigenvalue weighted by Crippen LogP contribution is 2.35. The summed E-state index contributed by atoms with van der Waals surface area (Å²) in [6.45, 7) is 6.35. The van der Waals surface area contributed by atoms with Gasteiger partial charge in [0.2, 0.25) is 0 Å². The van der Waals surface area contributed by atoms with E-state index < -0.39 is 17.8 Å². The molecule has 0 unspecified atom stereocenters. The highest BCUT2D eigenvalue weighted by molar-refractivity contribution is 5.93. The van der Waals surface area contributed by atoms with Crippen molar-refractivity contribution in [1.82, 2.24) is 9.88 Å². The van der Waals surface area contributed by atoms with Crippen LogP contribution in [0, 0.1) is 0 Å². The number of carbonyl (C=O) groups is 1. The number of aromatic nitrogens is 1. The molecule has 1 saturated heterocycles. The lowest BCUT2D eigenvalue weighted by Gasteiger charge is -2.38. The number of fused-ring (bicyclic) bond motifs is 1. The Morgan fingerprint density at radius 2 is 1.70 bits per heavy atom. The number of carbonyl (C=O) groups excluding carboxylic acids is 1. The van der Waals surface area contributed by atoms with Gasteiger partial charge < -0.3 is 24.6 Å². The van der Waals surface area contributed by atoms with Crippen LogP contribution < -0.4 is 10.1 Å². The van der Waals surface area contributed by atoms with Crippen LogP contribution in [0.25, 0.3) is 10.9 Å². The number of benzene rings is 3. The molecule has 4 aromatic rings. The molecule has 2 N–H and O–H groups in total. The summed E-state index contributed by atoms with van der Waals surface area (Å²) in [6.07, 6.45) is 1.11. The van der Waals surface area contributed by atoms with Crippen LogP contribution in [0.2, 0.25) is 0 Å². The van der Waals surface area contributed by atoms with E-state index in [-0.39, 0.29) is 18.1 Å². The summed E-state index contributed by atoms with van der Waals surface area (Å²) in [5, 5.41) is 15.6. The number of hydrogen-bond acceptors (Lipinski definition) is 6. The maximum absolute atomic E-state index is 13.0. The van der Waals surface area contributed by atoms with Crippen LogP contribution in [0.15, 0.2) is 85.1 Å². The number of methoxy groups -OCH3 is 1. The van der Waals surface area contributed by atoms with Gasteiger partial charge in [0.15, 0.2) is 0 Å². The minimum absolute atomic E-state index is 0.0252. The lowest BCUT2D eigenvalue weighted by molar-refractivity contribution is -0.0717. The number of ether oxygens (including phenoxy) is 3. The van der Waals surface area contributed by atoms with Crippen LogP contribution in [0.4, 0.5) is 4.79 Å². The van der Waals surface area contributed by atoms with Gasteiger partial charge in [-0.05, 0) is 55.7 Å². The van der Waals surface area contributed by atoms with E-state index in [9.17, 15) is 9.90 Å². The highest BCUT2D eigenvalue weighted by Gasteiger charge is 2.35. The first-order valence-corrected chi connectivity index (χ1v) is 13.8. The van der Waals surface area contributed by atoms with Crippen molar-refractivity contribution >= 4 is 17.0 Å². The second-order valence-electron chi connectivity index (χ2n) is 11.3. The van der Waals surface area contributed by atoms with E-state index >= 15 is 0 Å². The van der Waals surface area contributed by atoms with E-state index in [4.69, 9.17) is 14.2 Å². The molecule has 0 bridgehead atoms. The van der Waals surface area contributed by atoms with Crippen molar-refractivity contribution in [2.45, 2.75) is 63.5 Å². The van der Waals surface area contributed by atoms with Crippen LogP contribution >= 0.6 is 0 Å². The summed E-state index contributed by atoms with van der Waals surface area (Å²) in [4.78, 5) is 13.0. The van der Waals surface area contributed by atoms with Gasteiger partial charge in [-0.2, -0.15) is 0 Å².